The van der Waals surface area contributed by atoms with Crippen LogP contribution in [0.15, 0.2) is 24.3 Å². The second-order valence-electron chi connectivity index (χ2n) is 4.46. The van der Waals surface area contributed by atoms with E-state index < -0.39 is 12.1 Å². The zero-order chi connectivity index (χ0) is 13.9. The van der Waals surface area contributed by atoms with Gasteiger partial charge in [0.15, 0.2) is 0 Å². The molecule has 1 N–H and O–H groups in total. The Balaban J connectivity index is 3.08. The fourth-order valence-electron chi connectivity index (χ4n) is 2.13. The molecule has 1 aromatic rings. The topological polar surface area (TPSA) is 46.5 Å². The molecular weight excluding hydrogens is 228 g/mol. The normalized spacial score (nSPS) is 12.1. The molecule has 18 heavy (non-hydrogen) atoms. The minimum Gasteiger partial charge on any atom is -0.463 e. The van der Waals surface area contributed by atoms with Crippen molar-refractivity contribution in [3.63, 3.8) is 0 Å². The van der Waals surface area contributed by atoms with E-state index in [1.165, 1.54) is 0 Å². The summed E-state index contributed by atoms with van der Waals surface area (Å²) >= 11 is 0. The maximum Gasteiger partial charge on any atom is 0.336 e. The molecule has 1 aromatic carbocycles. The fraction of sp³-hybridized carbons (Fsp3) is 0.400. The average molecular weight is 248 g/mol. The number of rotatable bonds is 4. The van der Waals surface area contributed by atoms with Crippen molar-refractivity contribution in [1.29, 1.82) is 0 Å². The predicted octanol–water partition coefficient (Wildman–Crippen LogP) is 2.76. The van der Waals surface area contributed by atoms with E-state index in [1.807, 2.05) is 32.9 Å². The van der Waals surface area contributed by atoms with E-state index in [9.17, 15) is 9.90 Å². The summed E-state index contributed by atoms with van der Waals surface area (Å²) in [5.74, 6) is -0.552. The Kier molecular flexibility index (Phi) is 4.68. The number of carbonyl (C=O) groups is 1. The standard InChI is InChI=1S/C15H20O3/c1-6-18-15(17)12(5)14(16)13-10(3)7-9(2)8-11(13)4/h7-8,14,16H,5-6H2,1-4H3. The molecule has 0 spiro atoms. The number of ether oxygens (including phenoxy) is 1. The van der Waals surface area contributed by atoms with Gasteiger partial charge in [-0.25, -0.2) is 4.79 Å². The lowest BCUT2D eigenvalue weighted by atomic mass is 9.92. The molecule has 0 aliphatic rings. The van der Waals surface area contributed by atoms with E-state index in [1.54, 1.807) is 6.92 Å². The number of aryl methyl sites for hydroxylation is 3. The summed E-state index contributed by atoms with van der Waals surface area (Å²) in [6.07, 6.45) is -1.01. The number of benzene rings is 1. The molecule has 0 saturated heterocycles. The van der Waals surface area contributed by atoms with Crippen LogP contribution < -0.4 is 0 Å². The van der Waals surface area contributed by atoms with E-state index in [2.05, 4.69) is 6.58 Å². The molecule has 98 valence electrons. The summed E-state index contributed by atoms with van der Waals surface area (Å²) in [6, 6.07) is 3.95. The molecule has 0 amide bonds. The van der Waals surface area contributed by atoms with Gasteiger partial charge >= 0.3 is 5.97 Å². The van der Waals surface area contributed by atoms with Gasteiger partial charge in [-0.1, -0.05) is 24.3 Å². The minimum absolute atomic E-state index is 0.0758. The monoisotopic (exact) mass is 248 g/mol. The van der Waals surface area contributed by atoms with Crippen LogP contribution in [0.5, 0.6) is 0 Å². The van der Waals surface area contributed by atoms with Gasteiger partial charge < -0.3 is 9.84 Å². The molecule has 1 rings (SSSR count). The number of hydrogen-bond acceptors (Lipinski definition) is 3. The third-order valence-electron chi connectivity index (χ3n) is 2.88. The summed E-state index contributed by atoms with van der Waals surface area (Å²) in [5, 5.41) is 10.2. The van der Waals surface area contributed by atoms with Crippen molar-refractivity contribution in [2.24, 2.45) is 0 Å². The summed E-state index contributed by atoms with van der Waals surface area (Å²) in [4.78, 5) is 11.6. The zero-order valence-corrected chi connectivity index (χ0v) is 11.4. The highest BCUT2D eigenvalue weighted by Gasteiger charge is 2.22. The van der Waals surface area contributed by atoms with Gasteiger partial charge in [0.25, 0.3) is 0 Å². The lowest BCUT2D eigenvalue weighted by Crippen LogP contribution is -2.15. The molecular formula is C15H20O3. The molecule has 1 unspecified atom stereocenters. The number of carbonyl (C=O) groups excluding carboxylic acids is 1. The Hall–Kier alpha value is -1.61. The van der Waals surface area contributed by atoms with Crippen LogP contribution in [0.4, 0.5) is 0 Å². The quantitative estimate of drug-likeness (QED) is 0.658. The van der Waals surface area contributed by atoms with Gasteiger partial charge in [-0.05, 0) is 44.4 Å². The summed E-state index contributed by atoms with van der Waals surface area (Å²) in [6.45, 7) is 11.4. The second kappa shape index (κ2) is 5.83. The third-order valence-corrected chi connectivity index (χ3v) is 2.88. The van der Waals surface area contributed by atoms with Crippen molar-refractivity contribution in [2.45, 2.75) is 33.8 Å². The van der Waals surface area contributed by atoms with Gasteiger partial charge in [-0.15, -0.1) is 0 Å². The Morgan fingerprint density at radius 1 is 1.33 bits per heavy atom. The van der Waals surface area contributed by atoms with Gasteiger partial charge in [0.1, 0.15) is 6.10 Å². The minimum atomic E-state index is -1.01. The fourth-order valence-corrected chi connectivity index (χ4v) is 2.13. The van der Waals surface area contributed by atoms with E-state index >= 15 is 0 Å². The molecule has 0 heterocycles. The van der Waals surface area contributed by atoms with Crippen molar-refractivity contribution in [1.82, 2.24) is 0 Å². The first kappa shape index (κ1) is 14.5. The molecule has 0 radical (unpaired) electrons. The van der Waals surface area contributed by atoms with Gasteiger partial charge in [-0.3, -0.25) is 0 Å². The maximum atomic E-state index is 11.6. The van der Waals surface area contributed by atoms with Crippen LogP contribution >= 0.6 is 0 Å². The first-order valence-corrected chi connectivity index (χ1v) is 6.00. The Labute approximate surface area is 108 Å². The molecule has 0 bridgehead atoms. The molecule has 0 saturated carbocycles. The van der Waals surface area contributed by atoms with E-state index in [-0.39, 0.29) is 12.2 Å². The van der Waals surface area contributed by atoms with Crippen molar-refractivity contribution in [3.05, 3.63) is 46.5 Å². The van der Waals surface area contributed by atoms with E-state index in [0.717, 1.165) is 22.3 Å². The van der Waals surface area contributed by atoms with Crippen LogP contribution in [0.1, 0.15) is 35.3 Å². The van der Waals surface area contributed by atoms with Crippen LogP contribution in [0.25, 0.3) is 0 Å². The van der Waals surface area contributed by atoms with Crippen molar-refractivity contribution >= 4 is 5.97 Å². The Morgan fingerprint density at radius 3 is 2.28 bits per heavy atom. The number of aliphatic hydroxyl groups is 1. The highest BCUT2D eigenvalue weighted by molar-refractivity contribution is 5.89. The molecule has 3 heteroatoms. The second-order valence-corrected chi connectivity index (χ2v) is 4.46. The van der Waals surface area contributed by atoms with Gasteiger partial charge in [0, 0.05) is 0 Å². The maximum absolute atomic E-state index is 11.6. The highest BCUT2D eigenvalue weighted by atomic mass is 16.5. The summed E-state index contributed by atoms with van der Waals surface area (Å²) in [7, 11) is 0. The summed E-state index contributed by atoms with van der Waals surface area (Å²) < 4.78 is 4.85. The molecule has 0 aliphatic heterocycles. The van der Waals surface area contributed by atoms with Crippen LogP contribution in [0, 0.1) is 20.8 Å². The predicted molar refractivity (Wildman–Crippen MR) is 71.4 cm³/mol. The molecule has 3 nitrogen and oxygen atoms in total. The van der Waals surface area contributed by atoms with Crippen molar-refractivity contribution < 1.29 is 14.6 Å². The largest absolute Gasteiger partial charge is 0.463 e. The Bertz CT molecular complexity index is 452. The van der Waals surface area contributed by atoms with Gasteiger partial charge in [0.05, 0.1) is 12.2 Å². The van der Waals surface area contributed by atoms with Gasteiger partial charge in [0.2, 0.25) is 0 Å². The van der Waals surface area contributed by atoms with Crippen molar-refractivity contribution in [2.75, 3.05) is 6.61 Å². The highest BCUT2D eigenvalue weighted by Crippen LogP contribution is 2.28. The van der Waals surface area contributed by atoms with Crippen LogP contribution in [-0.4, -0.2) is 17.7 Å². The molecule has 1 atom stereocenters. The first-order valence-electron chi connectivity index (χ1n) is 6.00. The molecule has 0 fully saturated rings. The SMILES string of the molecule is C=C(C(=O)OCC)C(O)c1c(C)cc(C)cc1C. The lowest BCUT2D eigenvalue weighted by Gasteiger charge is -2.18. The van der Waals surface area contributed by atoms with E-state index in [4.69, 9.17) is 4.74 Å². The Morgan fingerprint density at radius 2 is 1.83 bits per heavy atom. The summed E-state index contributed by atoms with van der Waals surface area (Å²) in [5.41, 5.74) is 3.84. The lowest BCUT2D eigenvalue weighted by molar-refractivity contribution is -0.139. The molecule has 0 aliphatic carbocycles. The number of hydrogen-bond donors (Lipinski definition) is 1. The zero-order valence-electron chi connectivity index (χ0n) is 11.4. The van der Waals surface area contributed by atoms with Crippen molar-refractivity contribution in [3.8, 4) is 0 Å². The van der Waals surface area contributed by atoms with Crippen LogP contribution in [-0.2, 0) is 9.53 Å². The number of esters is 1. The smallest absolute Gasteiger partial charge is 0.336 e. The third kappa shape index (κ3) is 2.99. The molecule has 0 aromatic heterocycles. The van der Waals surface area contributed by atoms with Crippen LogP contribution in [0.2, 0.25) is 0 Å². The first-order chi connectivity index (χ1) is 8.38. The van der Waals surface area contributed by atoms with Crippen LogP contribution in [0.3, 0.4) is 0 Å². The average Bonchev–Trinajstić information content (AvgIpc) is 2.26. The van der Waals surface area contributed by atoms with E-state index in [0.29, 0.717) is 0 Å². The van der Waals surface area contributed by atoms with Gasteiger partial charge in [-0.2, -0.15) is 0 Å². The number of aliphatic hydroxyl groups excluding tert-OH is 1.